The first-order valence-corrected chi connectivity index (χ1v) is 7.38. The maximum atomic E-state index is 11.1. The number of para-hydroxylation sites is 1. The molecule has 2 aromatic carbocycles. The fourth-order valence-electron chi connectivity index (χ4n) is 2.05. The summed E-state index contributed by atoms with van der Waals surface area (Å²) >= 11 is 3.31. The van der Waals surface area contributed by atoms with Crippen LogP contribution in [0.3, 0.4) is 0 Å². The highest BCUT2D eigenvalue weighted by Gasteiger charge is 2.19. The number of aromatic carboxylic acids is 1. The van der Waals surface area contributed by atoms with Gasteiger partial charge in [-0.25, -0.2) is 4.79 Å². The number of carbonyl (C=O) groups is 1. The molecule has 2 aromatic rings. The molecule has 1 N–H and O–H groups in total. The van der Waals surface area contributed by atoms with Crippen LogP contribution in [0, 0.1) is 0 Å². The van der Waals surface area contributed by atoms with Gasteiger partial charge in [0.2, 0.25) is 0 Å². The van der Waals surface area contributed by atoms with Crippen molar-refractivity contribution in [3.05, 3.63) is 58.1 Å². The van der Waals surface area contributed by atoms with Crippen LogP contribution in [0.2, 0.25) is 0 Å². The van der Waals surface area contributed by atoms with Crippen molar-refractivity contribution >= 4 is 21.9 Å². The molecule has 0 saturated heterocycles. The molecule has 0 aromatic heterocycles. The molecule has 0 radical (unpaired) electrons. The summed E-state index contributed by atoms with van der Waals surface area (Å²) < 4.78 is 6.59. The molecular formula is C17H17BrO3. The molecule has 2 rings (SSSR count). The Morgan fingerprint density at radius 3 is 2.43 bits per heavy atom. The highest BCUT2D eigenvalue weighted by molar-refractivity contribution is 9.10. The third-order valence-electron chi connectivity index (χ3n) is 3.04. The second kappa shape index (κ2) is 5.90. The van der Waals surface area contributed by atoms with Crippen molar-refractivity contribution in [2.75, 3.05) is 0 Å². The Kier molecular flexibility index (Phi) is 4.37. The molecule has 0 fully saturated rings. The lowest BCUT2D eigenvalue weighted by Gasteiger charge is -2.22. The second-order valence-corrected chi connectivity index (χ2v) is 6.74. The molecule has 0 atom stereocenters. The van der Waals surface area contributed by atoms with Gasteiger partial charge in [0.15, 0.2) is 0 Å². The molecule has 4 heteroatoms. The van der Waals surface area contributed by atoms with Crippen LogP contribution < -0.4 is 4.74 Å². The summed E-state index contributed by atoms with van der Waals surface area (Å²) in [6.07, 6.45) is 0. The fraction of sp³-hybridized carbons (Fsp3) is 0.235. The maximum absolute atomic E-state index is 11.1. The van der Waals surface area contributed by atoms with Crippen LogP contribution in [0.5, 0.6) is 11.5 Å². The summed E-state index contributed by atoms with van der Waals surface area (Å²) in [7, 11) is 0. The first-order chi connectivity index (χ1) is 9.77. The van der Waals surface area contributed by atoms with Gasteiger partial charge in [-0.3, -0.25) is 0 Å². The van der Waals surface area contributed by atoms with E-state index in [1.807, 2.05) is 24.3 Å². The summed E-state index contributed by atoms with van der Waals surface area (Å²) in [5, 5.41) is 9.11. The number of ether oxygens (including phenoxy) is 1. The molecule has 0 spiro atoms. The average molecular weight is 349 g/mol. The van der Waals surface area contributed by atoms with Crippen molar-refractivity contribution in [2.24, 2.45) is 0 Å². The van der Waals surface area contributed by atoms with Crippen LogP contribution in [0.4, 0.5) is 0 Å². The van der Waals surface area contributed by atoms with Crippen molar-refractivity contribution in [1.29, 1.82) is 0 Å². The van der Waals surface area contributed by atoms with Gasteiger partial charge < -0.3 is 9.84 Å². The molecule has 0 saturated carbocycles. The van der Waals surface area contributed by atoms with Gasteiger partial charge in [0, 0.05) is 10.0 Å². The van der Waals surface area contributed by atoms with E-state index in [9.17, 15) is 4.79 Å². The molecule has 21 heavy (non-hydrogen) atoms. The third kappa shape index (κ3) is 3.85. The average Bonchev–Trinajstić information content (AvgIpc) is 2.37. The zero-order valence-electron chi connectivity index (χ0n) is 12.2. The van der Waals surface area contributed by atoms with Gasteiger partial charge in [-0.2, -0.15) is 0 Å². The largest absolute Gasteiger partial charge is 0.478 e. The topological polar surface area (TPSA) is 46.5 Å². The summed E-state index contributed by atoms with van der Waals surface area (Å²) in [5.74, 6) is 0.253. The SMILES string of the molecule is CC(C)(C)c1ccccc1Oc1cc(Br)cc(C(=O)O)c1. The van der Waals surface area contributed by atoms with Crippen LogP contribution in [0.1, 0.15) is 36.7 Å². The van der Waals surface area contributed by atoms with Crippen LogP contribution in [-0.4, -0.2) is 11.1 Å². The number of hydrogen-bond donors (Lipinski definition) is 1. The van der Waals surface area contributed by atoms with Crippen molar-refractivity contribution < 1.29 is 14.6 Å². The summed E-state index contributed by atoms with van der Waals surface area (Å²) in [6.45, 7) is 6.33. The molecule has 0 aliphatic heterocycles. The van der Waals surface area contributed by atoms with E-state index >= 15 is 0 Å². The fourth-order valence-corrected chi connectivity index (χ4v) is 2.52. The molecule has 0 heterocycles. The molecular weight excluding hydrogens is 332 g/mol. The molecule has 3 nitrogen and oxygen atoms in total. The Hall–Kier alpha value is -1.81. The molecule has 0 unspecified atom stereocenters. The minimum absolute atomic E-state index is 0.0573. The Bertz CT molecular complexity index is 672. The van der Waals surface area contributed by atoms with Gasteiger partial charge in [0.05, 0.1) is 5.56 Å². The lowest BCUT2D eigenvalue weighted by Crippen LogP contribution is -2.12. The predicted octanol–water partition coefficient (Wildman–Crippen LogP) is 5.24. The van der Waals surface area contributed by atoms with Gasteiger partial charge in [0.1, 0.15) is 11.5 Å². The Balaban J connectivity index is 2.42. The van der Waals surface area contributed by atoms with Crippen LogP contribution >= 0.6 is 15.9 Å². The Morgan fingerprint density at radius 2 is 1.81 bits per heavy atom. The summed E-state index contributed by atoms with van der Waals surface area (Å²) in [6, 6.07) is 12.6. The van der Waals surface area contributed by atoms with E-state index in [4.69, 9.17) is 9.84 Å². The molecule has 0 aliphatic rings. The standard InChI is InChI=1S/C17H17BrO3/c1-17(2,3)14-6-4-5-7-15(14)21-13-9-11(16(19)20)8-12(18)10-13/h4-10H,1-3H3,(H,19,20). The highest BCUT2D eigenvalue weighted by atomic mass is 79.9. The zero-order chi connectivity index (χ0) is 15.6. The lowest BCUT2D eigenvalue weighted by atomic mass is 9.86. The van der Waals surface area contributed by atoms with E-state index in [1.165, 1.54) is 6.07 Å². The van der Waals surface area contributed by atoms with Crippen molar-refractivity contribution in [3.63, 3.8) is 0 Å². The van der Waals surface area contributed by atoms with Crippen LogP contribution in [0.15, 0.2) is 46.9 Å². The number of carboxylic acid groups (broad SMARTS) is 1. The third-order valence-corrected chi connectivity index (χ3v) is 3.50. The van der Waals surface area contributed by atoms with Gasteiger partial charge >= 0.3 is 5.97 Å². The normalized spacial score (nSPS) is 11.2. The van der Waals surface area contributed by atoms with Crippen LogP contribution in [0.25, 0.3) is 0 Å². The van der Waals surface area contributed by atoms with Gasteiger partial charge in [-0.1, -0.05) is 54.9 Å². The van der Waals surface area contributed by atoms with E-state index in [1.54, 1.807) is 12.1 Å². The second-order valence-electron chi connectivity index (χ2n) is 5.83. The van der Waals surface area contributed by atoms with Crippen LogP contribution in [-0.2, 0) is 5.41 Å². The Labute approximate surface area is 132 Å². The summed E-state index contributed by atoms with van der Waals surface area (Å²) in [5.41, 5.74) is 1.20. The number of hydrogen-bond acceptors (Lipinski definition) is 2. The van der Waals surface area contributed by atoms with Gasteiger partial charge in [0.25, 0.3) is 0 Å². The monoisotopic (exact) mass is 348 g/mol. The molecule has 110 valence electrons. The molecule has 0 bridgehead atoms. The zero-order valence-corrected chi connectivity index (χ0v) is 13.8. The first kappa shape index (κ1) is 15.6. The minimum atomic E-state index is -0.981. The number of rotatable bonds is 3. The first-order valence-electron chi connectivity index (χ1n) is 6.58. The Morgan fingerprint density at radius 1 is 1.14 bits per heavy atom. The van der Waals surface area contributed by atoms with Crippen molar-refractivity contribution in [1.82, 2.24) is 0 Å². The van der Waals surface area contributed by atoms with Gasteiger partial charge in [-0.15, -0.1) is 0 Å². The van der Waals surface area contributed by atoms with Crippen molar-refractivity contribution in [2.45, 2.75) is 26.2 Å². The van der Waals surface area contributed by atoms with E-state index in [2.05, 4.69) is 36.7 Å². The van der Waals surface area contributed by atoms with E-state index in [0.717, 1.165) is 11.3 Å². The quantitative estimate of drug-likeness (QED) is 0.825. The summed E-state index contributed by atoms with van der Waals surface area (Å²) in [4.78, 5) is 11.1. The smallest absolute Gasteiger partial charge is 0.335 e. The predicted molar refractivity (Wildman–Crippen MR) is 86.3 cm³/mol. The van der Waals surface area contributed by atoms with E-state index < -0.39 is 5.97 Å². The van der Waals surface area contributed by atoms with E-state index in [0.29, 0.717) is 10.2 Å². The molecule has 0 amide bonds. The lowest BCUT2D eigenvalue weighted by molar-refractivity contribution is 0.0696. The minimum Gasteiger partial charge on any atom is -0.478 e. The van der Waals surface area contributed by atoms with Gasteiger partial charge in [-0.05, 0) is 29.7 Å². The highest BCUT2D eigenvalue weighted by Crippen LogP contribution is 2.35. The maximum Gasteiger partial charge on any atom is 0.335 e. The number of halogens is 1. The van der Waals surface area contributed by atoms with E-state index in [-0.39, 0.29) is 11.0 Å². The number of benzene rings is 2. The van der Waals surface area contributed by atoms with Crippen molar-refractivity contribution in [3.8, 4) is 11.5 Å². The molecule has 0 aliphatic carbocycles. The number of carboxylic acids is 1.